The number of anilines is 1. The number of likely N-dealkylation sites (tertiary alicyclic amines) is 7. The van der Waals surface area contributed by atoms with E-state index in [1.807, 2.05) is 212 Å². The van der Waals surface area contributed by atoms with Crippen LogP contribution in [0.5, 0.6) is 0 Å². The largest absolute Gasteiger partial charge is 0.478 e. The zero-order valence-electron chi connectivity index (χ0n) is 82.5. The Kier molecular flexibility index (Phi) is 31.4. The van der Waals surface area contributed by atoms with Gasteiger partial charge in [0, 0.05) is 138 Å². The molecule has 35 nitrogen and oxygen atoms in total. The summed E-state index contributed by atoms with van der Waals surface area (Å²) in [7, 11) is 5.14. The molecule has 2 aliphatic carbocycles. The first-order chi connectivity index (χ1) is 67.9. The van der Waals surface area contributed by atoms with Crippen LogP contribution < -0.4 is 15.5 Å². The second-order valence-corrected chi connectivity index (χ2v) is 41.7. The second-order valence-electron chi connectivity index (χ2n) is 41.4. The van der Waals surface area contributed by atoms with Crippen molar-refractivity contribution in [2.24, 2.45) is 35.5 Å². The van der Waals surface area contributed by atoms with Gasteiger partial charge in [-0.1, -0.05) is 126 Å². The van der Waals surface area contributed by atoms with Crippen LogP contribution in [-0.4, -0.2) is 298 Å². The molecular weight excluding hydrogens is 1820 g/mol. The highest BCUT2D eigenvalue weighted by molar-refractivity contribution is 6.57. The zero-order valence-corrected chi connectivity index (χ0v) is 83.2. The highest BCUT2D eigenvalue weighted by Crippen LogP contribution is 2.39. The fraction of sp³-hybridized carbons (Fsp3) is 0.448. The molecule has 12 atom stereocenters. The summed E-state index contributed by atoms with van der Waals surface area (Å²) in [5.74, 6) is 2.33. The van der Waals surface area contributed by atoms with Gasteiger partial charge >= 0.3 is 24.2 Å². The lowest BCUT2D eigenvalue weighted by Crippen LogP contribution is -2.47. The van der Waals surface area contributed by atoms with Crippen LogP contribution in [0.3, 0.4) is 0 Å². The number of amides is 7. The molecule has 10 saturated heterocycles. The molecule has 10 fully saturated rings. The van der Waals surface area contributed by atoms with Crippen LogP contribution in [-0.2, 0) is 25.5 Å². The van der Waals surface area contributed by atoms with Crippen LogP contribution >= 0.6 is 11.6 Å². The second kappa shape index (κ2) is 44.1. The summed E-state index contributed by atoms with van der Waals surface area (Å²) in [5.41, 5.74) is 8.01. The maximum absolute atomic E-state index is 13.6. The SMILES string of the molecule is CC(C)(C)OC(=O)N1CC2CC1CN(Cc1ccccc1)C2.CC(C)(C)OC(=O)N1CC2CNCC1C2.Cc1ccc(-n2nccn2)c(C(=O)N2CC3CC(C2)N(C(=O)OC(C)(C)C)C3)c1.Cc1ccc(-n2nccn2)c(C(=O)N2CC3CC(C2)N(c2ncc4ccccc4n2)C3)c1.Cc1ccc(-n2nccn2)c(C(=O)O)c1.Clc1ncc2ccccc2n1.O=C1NC2C=CC1C2.[B]C(=O)N1CC2C=CC1C2. The number of rotatable bonds is 9. The fourth-order valence-electron chi connectivity index (χ4n) is 20.4. The molecule has 10 aliphatic heterocycles. The van der Waals surface area contributed by atoms with Gasteiger partial charge in [0.25, 0.3) is 11.8 Å². The van der Waals surface area contributed by atoms with E-state index in [4.69, 9.17) is 43.7 Å². The summed E-state index contributed by atoms with van der Waals surface area (Å²) in [5, 5.41) is 42.2. The smallest absolute Gasteiger partial charge is 0.410 e. The van der Waals surface area contributed by atoms with Gasteiger partial charge < -0.3 is 64.3 Å². The minimum Gasteiger partial charge on any atom is -0.478 e. The summed E-state index contributed by atoms with van der Waals surface area (Å²) >= 11 is 5.60. The first-order valence-electron chi connectivity index (χ1n) is 48.7. The first-order valence-corrected chi connectivity index (χ1v) is 49.1. The Hall–Kier alpha value is -13.9. The topological polar surface area (TPSA) is 378 Å². The number of carboxylic acids is 1. The van der Waals surface area contributed by atoms with Crippen molar-refractivity contribution < 1.29 is 57.7 Å². The number of fused-ring (bicyclic) bond motifs is 14. The van der Waals surface area contributed by atoms with Crippen molar-refractivity contribution in [3.8, 4) is 17.1 Å². The summed E-state index contributed by atoms with van der Waals surface area (Å²) in [6.07, 6.45) is 27.0. The number of hydrogen-bond donors (Lipinski definition) is 3. The van der Waals surface area contributed by atoms with Crippen molar-refractivity contribution in [2.75, 3.05) is 90.0 Å². The Balaban J connectivity index is 0.000000121. The van der Waals surface area contributed by atoms with E-state index >= 15 is 0 Å². The number of ether oxygens (including phenoxy) is 3. The summed E-state index contributed by atoms with van der Waals surface area (Å²) in [6.45, 7) is 34.4. The number of nitrogens with zero attached hydrogens (tertiary/aromatic N) is 21. The molecule has 12 aliphatic rings. The van der Waals surface area contributed by atoms with Gasteiger partial charge in [0.05, 0.1) is 88.2 Å². The van der Waals surface area contributed by atoms with E-state index in [-0.39, 0.29) is 76.9 Å². The average molecular weight is 1950 g/mol. The number of piperidine rings is 4. The van der Waals surface area contributed by atoms with Crippen LogP contribution in [0.1, 0.15) is 154 Å². The number of aromatic nitrogens is 13. The predicted octanol–water partition coefficient (Wildman–Crippen LogP) is 14.0. The summed E-state index contributed by atoms with van der Waals surface area (Å²) in [6, 6.07) is 44.5. The number of halogens is 1. The van der Waals surface area contributed by atoms with Crippen molar-refractivity contribution >= 4 is 95.0 Å². The quantitative estimate of drug-likeness (QED) is 0.0523. The third kappa shape index (κ3) is 25.7. The van der Waals surface area contributed by atoms with Crippen LogP contribution in [0.25, 0.3) is 38.9 Å². The van der Waals surface area contributed by atoms with Crippen LogP contribution in [0.2, 0.25) is 5.28 Å². The lowest BCUT2D eigenvalue weighted by atomic mass is 9.98. The van der Waals surface area contributed by atoms with E-state index in [1.54, 1.807) is 52.9 Å². The Labute approximate surface area is 833 Å². The Morgan fingerprint density at radius 3 is 1.37 bits per heavy atom. The van der Waals surface area contributed by atoms with E-state index in [1.165, 1.54) is 32.3 Å². The maximum Gasteiger partial charge on any atom is 0.410 e. The molecule has 6 aromatic carbocycles. The van der Waals surface area contributed by atoms with Crippen molar-refractivity contribution in [3.05, 3.63) is 252 Å². The van der Waals surface area contributed by atoms with E-state index < -0.39 is 17.2 Å². The van der Waals surface area contributed by atoms with Crippen molar-refractivity contribution in [1.82, 2.24) is 110 Å². The zero-order chi connectivity index (χ0) is 100. The molecule has 142 heavy (non-hydrogen) atoms. The summed E-state index contributed by atoms with van der Waals surface area (Å²) < 4.78 is 16.5. The van der Waals surface area contributed by atoms with E-state index in [0.29, 0.717) is 107 Å². The van der Waals surface area contributed by atoms with Crippen LogP contribution in [0.15, 0.2) is 207 Å². The normalized spacial score (nSPS) is 22.7. The molecule has 0 spiro atoms. The molecule has 5 aromatic heterocycles. The molecule has 3 N–H and O–H groups in total. The van der Waals surface area contributed by atoms with Gasteiger partial charge in [0.2, 0.25) is 25.0 Å². The van der Waals surface area contributed by atoms with Crippen molar-refractivity contribution in [2.45, 2.75) is 181 Å². The molecule has 12 bridgehead atoms. The van der Waals surface area contributed by atoms with Gasteiger partial charge in [-0.15, -0.1) is 0 Å². The molecule has 12 unspecified atom stereocenters. The van der Waals surface area contributed by atoms with E-state index in [9.17, 15) is 38.4 Å². The summed E-state index contributed by atoms with van der Waals surface area (Å²) in [4.78, 5) is 134. The number of carbonyl (C=O) groups excluding carboxylic acids is 7. The molecule has 11 aromatic rings. The molecule has 23 rings (SSSR count). The molecule has 742 valence electrons. The van der Waals surface area contributed by atoms with Gasteiger partial charge in [0.1, 0.15) is 22.5 Å². The molecule has 2 radical (unpaired) electrons. The molecule has 37 heteroatoms. The van der Waals surface area contributed by atoms with E-state index in [0.717, 1.165) is 148 Å². The number of carboxylic acid groups (broad SMARTS) is 1. The predicted molar refractivity (Wildman–Crippen MR) is 538 cm³/mol. The third-order valence-electron chi connectivity index (χ3n) is 26.6. The van der Waals surface area contributed by atoms with Gasteiger partial charge in [-0.3, -0.25) is 24.1 Å². The average Bonchev–Trinajstić information content (AvgIpc) is 1.75. The lowest BCUT2D eigenvalue weighted by Gasteiger charge is -2.33. The highest BCUT2D eigenvalue weighted by atomic mass is 35.5. The third-order valence-corrected chi connectivity index (χ3v) is 26.8. The first kappa shape index (κ1) is 101. The monoisotopic (exact) mass is 1950 g/mol. The van der Waals surface area contributed by atoms with Crippen LogP contribution in [0, 0.1) is 56.3 Å². The standard InChI is InChI=1S/C24H23N7O.C21H27N5O3.C18H26N2O2.C11H20N2O2.C10H9N3O2.C8H5ClN2.C7H8BNO.C6H7NO/c1-16-6-7-22(31-26-8-9-27-31)20(10-16)23(32)29-13-17-11-19(15-29)30(14-17)24-25-12-18-4-2-3-5-21(18)28-24;1-14-5-6-18(26-22-7-8-23-26)17(9-14)19(27)24-11-15-10-16(13-24)25(12-15)20(28)29-21(2,3)4;1-18(2,3)22-17(21)20-12-15-9-16(20)13-19(11-15)10-14-7-5-4-6-8-14;1-11(2,3)15-10(14)13-7-8-4-9(13)6-12-5-8;1-7-2-3-9(8(6-7)10(14)15)13-11-4-5-12-13;9-8-10-5-6-3-1-2-4-7(6)11-8;8-7(10)9-4-5-1-2-6(9)3-5;8-6-4-1-2-5(3-4)7-6/h2-10,12,17,19H,11,13-15H2,1H3;5-9,15-16H,10-13H2,1-4H3;4-8,15-16H,9-13H2,1-3H3;8-9,12H,4-7H2,1-3H3;2-6H,1H3,(H,14,15);1-5H;1-2,5-6H,3-4H2;1-2,4-5H,3H2,(H,7,8). The number of nitrogens with one attached hydrogen (secondary N) is 2. The van der Waals surface area contributed by atoms with Gasteiger partial charge in [-0.05, 0) is 223 Å². The van der Waals surface area contributed by atoms with Crippen molar-refractivity contribution in [3.63, 3.8) is 0 Å². The van der Waals surface area contributed by atoms with Crippen molar-refractivity contribution in [1.29, 1.82) is 0 Å². The van der Waals surface area contributed by atoms with Gasteiger partial charge in [-0.25, -0.2) is 39.1 Å². The number of aromatic carboxylic acids is 1. The Morgan fingerprint density at radius 2 is 0.908 bits per heavy atom. The highest BCUT2D eigenvalue weighted by Gasteiger charge is 2.48. The lowest BCUT2D eigenvalue weighted by molar-refractivity contribution is -0.121. The van der Waals surface area contributed by atoms with Crippen LogP contribution in [0.4, 0.5) is 25.1 Å². The number of para-hydroxylation sites is 2. The number of aryl methyl sites for hydroxylation is 3. The molecule has 15 heterocycles. The fourth-order valence-corrected chi connectivity index (χ4v) is 20.6. The maximum atomic E-state index is 13.6. The number of carbonyl (C=O) groups is 8. The number of benzene rings is 6. The molecular formula is C105H125BClN23O12. The minimum atomic E-state index is -0.981. The Morgan fingerprint density at radius 1 is 0.451 bits per heavy atom. The molecule has 0 saturated carbocycles. The number of hydrogen-bond acceptors (Lipinski definition) is 24. The van der Waals surface area contributed by atoms with Gasteiger partial charge in [-0.2, -0.15) is 45.0 Å². The van der Waals surface area contributed by atoms with Gasteiger partial charge in [0.15, 0.2) is 5.81 Å². The molecule has 7 amide bonds. The minimum absolute atomic E-state index is 0.0105. The van der Waals surface area contributed by atoms with E-state index in [2.05, 4.69) is 108 Å². The Bertz CT molecular complexity index is 6380.